The van der Waals surface area contributed by atoms with Crippen LogP contribution in [0.1, 0.15) is 34.7 Å². The Bertz CT molecular complexity index is 2170. The monoisotopic (exact) mass is 873 g/mol. The minimum Gasteiger partial charge on any atom is -0.456 e. The van der Waals surface area contributed by atoms with Crippen molar-refractivity contribution in [2.24, 2.45) is 0 Å². The normalized spacial score (nSPS) is 26.5. The molecule has 0 saturated carbocycles. The number of carbonyl (C=O) groups is 2. The predicted octanol–water partition coefficient (Wildman–Crippen LogP) is 7.39. The lowest BCUT2D eigenvalue weighted by molar-refractivity contribution is -0.335. The lowest BCUT2D eigenvalue weighted by atomic mass is 9.95. The minimum absolute atomic E-state index is 0.0104. The van der Waals surface area contributed by atoms with Crippen molar-refractivity contribution in [2.75, 3.05) is 20.3 Å². The van der Waals surface area contributed by atoms with Gasteiger partial charge in [0.1, 0.15) is 36.6 Å². The van der Waals surface area contributed by atoms with Crippen LogP contribution < -0.4 is 0 Å². The largest absolute Gasteiger partial charge is 0.456 e. The van der Waals surface area contributed by atoms with Gasteiger partial charge in [-0.25, -0.2) is 4.79 Å². The van der Waals surface area contributed by atoms with Crippen molar-refractivity contribution in [3.05, 3.63) is 179 Å². The van der Waals surface area contributed by atoms with Gasteiger partial charge in [0.05, 0.1) is 39.6 Å². The molecule has 5 aromatic carbocycles. The number of ether oxygens (including phenoxy) is 10. The molecule has 0 N–H and O–H groups in total. The minimum atomic E-state index is -1.09. The first-order valence-corrected chi connectivity index (χ1v) is 21.7. The van der Waals surface area contributed by atoms with Crippen LogP contribution in [0.25, 0.3) is 0 Å². The van der Waals surface area contributed by atoms with Crippen molar-refractivity contribution in [3.63, 3.8) is 0 Å². The summed E-state index contributed by atoms with van der Waals surface area (Å²) in [6.07, 6.45) is -8.38. The number of amides is 1. The molecule has 4 unspecified atom stereocenters. The number of esters is 1. The van der Waals surface area contributed by atoms with Crippen LogP contribution in [0.5, 0.6) is 0 Å². The summed E-state index contributed by atoms with van der Waals surface area (Å²) in [6.45, 7) is 2.47. The van der Waals surface area contributed by atoms with E-state index in [2.05, 4.69) is 0 Å². The summed E-state index contributed by atoms with van der Waals surface area (Å²) >= 11 is 0. The Morgan fingerprint density at radius 3 is 1.50 bits per heavy atom. The average Bonchev–Trinajstić information content (AvgIpc) is 3.66. The van der Waals surface area contributed by atoms with Crippen LogP contribution in [0.3, 0.4) is 0 Å². The Hall–Kier alpha value is -5.48. The first-order chi connectivity index (χ1) is 31.4. The van der Waals surface area contributed by atoms with Gasteiger partial charge in [-0.1, -0.05) is 152 Å². The number of carbonyl (C=O) groups excluding carboxylic acids is 2. The molecule has 3 saturated heterocycles. The van der Waals surface area contributed by atoms with Gasteiger partial charge in [0.25, 0.3) is 0 Å². The van der Waals surface area contributed by atoms with Gasteiger partial charge in [-0.15, -0.1) is 0 Å². The van der Waals surface area contributed by atoms with E-state index >= 15 is 0 Å². The van der Waals surface area contributed by atoms with Gasteiger partial charge in [-0.05, 0) is 27.8 Å². The highest BCUT2D eigenvalue weighted by Gasteiger charge is 2.59. The summed E-state index contributed by atoms with van der Waals surface area (Å²) < 4.78 is 64.6. The number of nitrogens with zero attached hydrogens (tertiary/aromatic N) is 1. The third-order valence-electron chi connectivity index (χ3n) is 11.4. The predicted molar refractivity (Wildman–Crippen MR) is 233 cm³/mol. The molecule has 3 heterocycles. The second-order valence-corrected chi connectivity index (χ2v) is 16.0. The second kappa shape index (κ2) is 22.4. The zero-order chi connectivity index (χ0) is 44.1. The van der Waals surface area contributed by atoms with Crippen LogP contribution in [-0.4, -0.2) is 98.6 Å². The first-order valence-electron chi connectivity index (χ1n) is 21.7. The molecule has 5 aromatic rings. The lowest BCUT2D eigenvalue weighted by Crippen LogP contribution is -2.64. The Morgan fingerprint density at radius 2 is 0.984 bits per heavy atom. The Labute approximate surface area is 374 Å². The third kappa shape index (κ3) is 11.6. The number of benzene rings is 5. The highest BCUT2D eigenvalue weighted by molar-refractivity contribution is 5.71. The fraction of sp³-hybridized carbons (Fsp3) is 0.373. The van der Waals surface area contributed by atoms with E-state index in [1.165, 1.54) is 6.92 Å². The molecule has 64 heavy (non-hydrogen) atoms. The number of rotatable bonds is 20. The van der Waals surface area contributed by atoms with Crippen LogP contribution in [0, 0.1) is 0 Å². The summed E-state index contributed by atoms with van der Waals surface area (Å²) in [5.74, 6) is -0.553. The molecular formula is C51H55NO12. The number of hydrogen-bond donors (Lipinski definition) is 0. The number of fused-ring (bicyclic) bond motifs is 1. The van der Waals surface area contributed by atoms with Crippen molar-refractivity contribution in [1.82, 2.24) is 4.90 Å². The smallest absolute Gasteiger partial charge is 0.411 e. The summed E-state index contributed by atoms with van der Waals surface area (Å²) in [4.78, 5) is 28.0. The summed E-state index contributed by atoms with van der Waals surface area (Å²) in [6, 6.07) is 48.0. The van der Waals surface area contributed by atoms with E-state index in [0.717, 1.165) is 27.8 Å². The average molecular weight is 874 g/mol. The van der Waals surface area contributed by atoms with Crippen molar-refractivity contribution in [1.29, 1.82) is 0 Å². The van der Waals surface area contributed by atoms with Gasteiger partial charge in [0.15, 0.2) is 24.8 Å². The fourth-order valence-electron chi connectivity index (χ4n) is 8.34. The van der Waals surface area contributed by atoms with Crippen molar-refractivity contribution < 1.29 is 57.0 Å². The SMILES string of the molecule is CO[C@@H]1OC(CO[C@@H]2OC(COCc3ccccc3)[C@H](OC(C)=O)[C@@H]3OC(=O)N(Cc4ccccc4)C23)[C@@H](OCc2ccccc2)[C@@H](OCc2ccccc2)C1OCc1ccccc1. The van der Waals surface area contributed by atoms with Gasteiger partial charge in [0.2, 0.25) is 0 Å². The van der Waals surface area contributed by atoms with Gasteiger partial charge < -0.3 is 47.4 Å². The zero-order valence-electron chi connectivity index (χ0n) is 36.0. The first kappa shape index (κ1) is 45.1. The highest BCUT2D eigenvalue weighted by atomic mass is 16.7. The molecule has 10 atom stereocenters. The molecule has 0 spiro atoms. The topological polar surface area (TPSA) is 130 Å². The summed E-state index contributed by atoms with van der Waals surface area (Å²) in [5.41, 5.74) is 4.70. The van der Waals surface area contributed by atoms with Gasteiger partial charge in [-0.3, -0.25) is 9.69 Å². The van der Waals surface area contributed by atoms with E-state index in [1.807, 2.05) is 152 Å². The van der Waals surface area contributed by atoms with E-state index in [0.29, 0.717) is 0 Å². The molecule has 0 aliphatic carbocycles. The Kier molecular flexibility index (Phi) is 15.8. The quantitative estimate of drug-likeness (QED) is 0.0724. The lowest BCUT2D eigenvalue weighted by Gasteiger charge is -2.47. The van der Waals surface area contributed by atoms with E-state index in [4.69, 9.17) is 47.4 Å². The molecule has 0 aromatic heterocycles. The van der Waals surface area contributed by atoms with Crippen molar-refractivity contribution in [3.8, 4) is 0 Å². The molecule has 0 bridgehead atoms. The molecule has 3 aliphatic rings. The number of hydrogen-bond acceptors (Lipinski definition) is 12. The van der Waals surface area contributed by atoms with Gasteiger partial charge >= 0.3 is 12.1 Å². The molecule has 1 amide bonds. The van der Waals surface area contributed by atoms with Gasteiger partial charge in [-0.2, -0.15) is 0 Å². The van der Waals surface area contributed by atoms with Crippen LogP contribution in [-0.2, 0) is 85.1 Å². The maximum atomic E-state index is 13.8. The molecule has 0 radical (unpaired) electrons. The molecule has 3 aliphatic heterocycles. The summed E-state index contributed by atoms with van der Waals surface area (Å²) in [5, 5.41) is 0. The highest BCUT2D eigenvalue weighted by Crippen LogP contribution is 2.38. The molecule has 8 rings (SSSR count). The molecule has 3 fully saturated rings. The molecule has 13 nitrogen and oxygen atoms in total. The van der Waals surface area contributed by atoms with E-state index < -0.39 is 73.4 Å². The van der Waals surface area contributed by atoms with Crippen LogP contribution in [0.2, 0.25) is 0 Å². The Balaban J connectivity index is 1.10. The van der Waals surface area contributed by atoms with Crippen molar-refractivity contribution in [2.45, 2.75) is 101 Å². The van der Waals surface area contributed by atoms with Gasteiger partial charge in [0, 0.05) is 20.6 Å². The van der Waals surface area contributed by atoms with E-state index in [-0.39, 0.29) is 46.2 Å². The number of methoxy groups -OCH3 is 1. The van der Waals surface area contributed by atoms with Crippen LogP contribution in [0.15, 0.2) is 152 Å². The van der Waals surface area contributed by atoms with Crippen LogP contribution in [0.4, 0.5) is 4.79 Å². The second-order valence-electron chi connectivity index (χ2n) is 16.0. The third-order valence-corrected chi connectivity index (χ3v) is 11.4. The maximum absolute atomic E-state index is 13.8. The van der Waals surface area contributed by atoms with Crippen LogP contribution >= 0.6 is 0 Å². The molecule has 336 valence electrons. The Morgan fingerprint density at radius 1 is 0.531 bits per heavy atom. The van der Waals surface area contributed by atoms with E-state index in [9.17, 15) is 9.59 Å². The molecule has 13 heteroatoms. The zero-order valence-corrected chi connectivity index (χ0v) is 36.0. The molecular weight excluding hydrogens is 819 g/mol. The van der Waals surface area contributed by atoms with Crippen molar-refractivity contribution >= 4 is 12.1 Å². The maximum Gasteiger partial charge on any atom is 0.411 e. The van der Waals surface area contributed by atoms with E-state index in [1.54, 1.807) is 12.0 Å². The summed E-state index contributed by atoms with van der Waals surface area (Å²) in [7, 11) is 1.56. The standard InChI is InChI=1S/C51H55NO12/c1-35(53)61-45-41(33-56-29-37-20-10-4-11-21-37)62-49(43-46(45)64-51(54)52(43)28-36-18-8-3-9-19-36)60-34-42-44(57-30-38-22-12-5-13-23-38)47(58-31-39-24-14-6-15-25-39)48(50(55-2)63-42)59-32-40-26-16-7-17-27-40/h3-27,41-50H,28-34H2,1-2H3/t41?,42?,43?,44-,45+,46-,47-,48?,49-,50-/m1/s1. The fourth-order valence-corrected chi connectivity index (χ4v) is 8.34.